The molecule has 0 saturated carbocycles. The van der Waals surface area contributed by atoms with Crippen molar-refractivity contribution in [1.29, 1.82) is 0 Å². The van der Waals surface area contributed by atoms with Gasteiger partial charge in [-0.2, -0.15) is 0 Å². The Morgan fingerprint density at radius 3 is 2.50 bits per heavy atom. The second-order valence-electron chi connectivity index (χ2n) is 7.19. The van der Waals surface area contributed by atoms with Crippen molar-refractivity contribution in [2.45, 2.75) is 19.9 Å². The normalized spacial score (nSPS) is 17.5. The Balaban J connectivity index is 1.51. The molecule has 1 aliphatic heterocycles. The van der Waals surface area contributed by atoms with Gasteiger partial charge in [0.05, 0.1) is 0 Å². The molecule has 3 nitrogen and oxygen atoms in total. The molecule has 26 heavy (non-hydrogen) atoms. The number of amides is 1. The van der Waals surface area contributed by atoms with Crippen molar-refractivity contribution in [1.82, 2.24) is 4.90 Å². The van der Waals surface area contributed by atoms with Crippen molar-refractivity contribution < 1.29 is 4.79 Å². The van der Waals surface area contributed by atoms with Gasteiger partial charge in [0.25, 0.3) is 5.91 Å². The molecular formula is C23H24N2O. The molecule has 3 aromatic carbocycles. The van der Waals surface area contributed by atoms with Gasteiger partial charge < -0.3 is 9.80 Å². The zero-order valence-corrected chi connectivity index (χ0v) is 15.4. The van der Waals surface area contributed by atoms with E-state index in [-0.39, 0.29) is 5.91 Å². The minimum absolute atomic E-state index is 0.131. The monoisotopic (exact) mass is 344 g/mol. The van der Waals surface area contributed by atoms with Crippen LogP contribution in [-0.4, -0.2) is 36.5 Å². The predicted molar refractivity (Wildman–Crippen MR) is 108 cm³/mol. The first kappa shape index (κ1) is 16.6. The summed E-state index contributed by atoms with van der Waals surface area (Å²) in [5, 5.41) is 2.28. The molecule has 1 amide bonds. The second kappa shape index (κ2) is 6.83. The van der Waals surface area contributed by atoms with Gasteiger partial charge in [0.1, 0.15) is 0 Å². The van der Waals surface area contributed by atoms with E-state index in [2.05, 4.69) is 55.1 Å². The van der Waals surface area contributed by atoms with Gasteiger partial charge in [-0.1, -0.05) is 42.5 Å². The largest absolute Gasteiger partial charge is 0.365 e. The number of aryl methyl sites for hydroxylation is 1. The van der Waals surface area contributed by atoms with E-state index in [1.165, 1.54) is 16.6 Å². The highest BCUT2D eigenvalue weighted by Crippen LogP contribution is 2.23. The minimum atomic E-state index is 0.131. The molecule has 0 spiro atoms. The molecule has 0 bridgehead atoms. The fourth-order valence-corrected chi connectivity index (χ4v) is 3.84. The summed E-state index contributed by atoms with van der Waals surface area (Å²) in [7, 11) is 0. The number of piperazine rings is 1. The maximum Gasteiger partial charge on any atom is 0.254 e. The molecule has 0 radical (unpaired) electrons. The fourth-order valence-electron chi connectivity index (χ4n) is 3.84. The lowest BCUT2D eigenvalue weighted by Gasteiger charge is -2.41. The van der Waals surface area contributed by atoms with Crippen LogP contribution in [0, 0.1) is 6.92 Å². The molecular weight excluding hydrogens is 320 g/mol. The fraction of sp³-hybridized carbons (Fsp3) is 0.261. The Morgan fingerprint density at radius 1 is 0.923 bits per heavy atom. The van der Waals surface area contributed by atoms with E-state index in [9.17, 15) is 4.79 Å². The van der Waals surface area contributed by atoms with Crippen LogP contribution in [0.1, 0.15) is 22.8 Å². The van der Waals surface area contributed by atoms with E-state index >= 15 is 0 Å². The van der Waals surface area contributed by atoms with Crippen molar-refractivity contribution in [3.8, 4) is 0 Å². The molecule has 0 aliphatic carbocycles. The molecule has 0 unspecified atom stereocenters. The highest BCUT2D eigenvalue weighted by molar-refractivity contribution is 5.98. The lowest BCUT2D eigenvalue weighted by molar-refractivity contribution is 0.0726. The zero-order chi connectivity index (χ0) is 18.1. The second-order valence-corrected chi connectivity index (χ2v) is 7.19. The number of carbonyl (C=O) groups is 1. The van der Waals surface area contributed by atoms with E-state index in [1.807, 2.05) is 35.2 Å². The van der Waals surface area contributed by atoms with Gasteiger partial charge in [-0.3, -0.25) is 4.79 Å². The summed E-state index contributed by atoms with van der Waals surface area (Å²) in [6, 6.07) is 23.1. The van der Waals surface area contributed by atoms with E-state index in [4.69, 9.17) is 0 Å². The van der Waals surface area contributed by atoms with Crippen LogP contribution in [0.15, 0.2) is 66.7 Å². The van der Waals surface area contributed by atoms with Crippen LogP contribution in [0.2, 0.25) is 0 Å². The van der Waals surface area contributed by atoms with Crippen molar-refractivity contribution in [3.05, 3.63) is 77.9 Å². The maximum absolute atomic E-state index is 13.0. The average Bonchev–Trinajstić information content (AvgIpc) is 2.67. The van der Waals surface area contributed by atoms with Crippen molar-refractivity contribution >= 4 is 22.4 Å². The number of rotatable bonds is 2. The summed E-state index contributed by atoms with van der Waals surface area (Å²) in [5.74, 6) is 0.131. The van der Waals surface area contributed by atoms with Crippen molar-refractivity contribution in [2.24, 2.45) is 0 Å². The summed E-state index contributed by atoms with van der Waals surface area (Å²) in [4.78, 5) is 17.4. The quantitative estimate of drug-likeness (QED) is 0.683. The Morgan fingerprint density at radius 2 is 1.73 bits per heavy atom. The van der Waals surface area contributed by atoms with Gasteiger partial charge in [0.2, 0.25) is 0 Å². The number of benzene rings is 3. The number of hydrogen-bond acceptors (Lipinski definition) is 2. The average molecular weight is 344 g/mol. The summed E-state index contributed by atoms with van der Waals surface area (Å²) < 4.78 is 0. The molecule has 3 aromatic rings. The van der Waals surface area contributed by atoms with E-state index < -0.39 is 0 Å². The smallest absolute Gasteiger partial charge is 0.254 e. The first-order chi connectivity index (χ1) is 12.6. The highest BCUT2D eigenvalue weighted by Gasteiger charge is 2.27. The summed E-state index contributed by atoms with van der Waals surface area (Å²) in [6.07, 6.45) is 0. The lowest BCUT2D eigenvalue weighted by Crippen LogP contribution is -2.53. The van der Waals surface area contributed by atoms with Gasteiger partial charge in [-0.05, 0) is 54.4 Å². The van der Waals surface area contributed by atoms with Gasteiger partial charge in [0.15, 0.2) is 0 Å². The topological polar surface area (TPSA) is 23.6 Å². The van der Waals surface area contributed by atoms with Crippen LogP contribution in [0.3, 0.4) is 0 Å². The van der Waals surface area contributed by atoms with Gasteiger partial charge >= 0.3 is 0 Å². The molecule has 4 rings (SSSR count). The van der Waals surface area contributed by atoms with Gasteiger partial charge in [-0.15, -0.1) is 0 Å². The Hall–Kier alpha value is -2.81. The van der Waals surface area contributed by atoms with Crippen LogP contribution in [-0.2, 0) is 0 Å². The van der Waals surface area contributed by atoms with Crippen LogP contribution < -0.4 is 4.90 Å². The number of carbonyl (C=O) groups excluding carboxylic acids is 1. The number of fused-ring (bicyclic) bond motifs is 1. The van der Waals surface area contributed by atoms with E-state index in [0.29, 0.717) is 6.04 Å². The molecule has 1 fully saturated rings. The maximum atomic E-state index is 13.0. The standard InChI is InChI=1S/C23H24N2O/c1-17-6-5-9-22(14-17)25-13-12-24(16-18(25)2)23(26)21-11-10-19-7-3-4-8-20(19)15-21/h3-11,14-15,18H,12-13,16H2,1-2H3/t18-/m0/s1. The highest BCUT2D eigenvalue weighted by atomic mass is 16.2. The van der Waals surface area contributed by atoms with Gasteiger partial charge in [0, 0.05) is 36.9 Å². The Bertz CT molecular complexity index is 950. The first-order valence-corrected chi connectivity index (χ1v) is 9.23. The predicted octanol–water partition coefficient (Wildman–Crippen LogP) is 4.50. The number of nitrogens with zero attached hydrogens (tertiary/aromatic N) is 2. The lowest BCUT2D eigenvalue weighted by atomic mass is 10.0. The molecule has 3 heteroatoms. The van der Waals surface area contributed by atoms with Crippen LogP contribution in [0.5, 0.6) is 0 Å². The molecule has 132 valence electrons. The van der Waals surface area contributed by atoms with E-state index in [1.54, 1.807) is 0 Å². The zero-order valence-electron chi connectivity index (χ0n) is 15.4. The first-order valence-electron chi connectivity index (χ1n) is 9.23. The molecule has 1 atom stereocenters. The molecule has 1 saturated heterocycles. The van der Waals surface area contributed by atoms with Crippen molar-refractivity contribution in [2.75, 3.05) is 24.5 Å². The Kier molecular flexibility index (Phi) is 4.37. The van der Waals surface area contributed by atoms with E-state index in [0.717, 1.165) is 30.6 Å². The number of hydrogen-bond donors (Lipinski definition) is 0. The van der Waals surface area contributed by atoms with Crippen LogP contribution >= 0.6 is 0 Å². The molecule has 0 N–H and O–H groups in total. The summed E-state index contributed by atoms with van der Waals surface area (Å²) >= 11 is 0. The SMILES string of the molecule is Cc1cccc(N2CCN(C(=O)c3ccc4ccccc4c3)C[C@@H]2C)c1. The van der Waals surface area contributed by atoms with Crippen LogP contribution in [0.4, 0.5) is 5.69 Å². The van der Waals surface area contributed by atoms with Gasteiger partial charge in [-0.25, -0.2) is 0 Å². The summed E-state index contributed by atoms with van der Waals surface area (Å²) in [6.45, 7) is 6.68. The van der Waals surface area contributed by atoms with Crippen LogP contribution in [0.25, 0.3) is 10.8 Å². The third kappa shape index (κ3) is 3.17. The minimum Gasteiger partial charge on any atom is -0.365 e. The third-order valence-electron chi connectivity index (χ3n) is 5.24. The summed E-state index contributed by atoms with van der Waals surface area (Å²) in [5.41, 5.74) is 3.29. The molecule has 1 heterocycles. The molecule has 1 aliphatic rings. The van der Waals surface area contributed by atoms with Crippen molar-refractivity contribution in [3.63, 3.8) is 0 Å². The third-order valence-corrected chi connectivity index (χ3v) is 5.24. The Labute approximate surface area is 154 Å². The molecule has 0 aromatic heterocycles. The number of anilines is 1.